The third-order valence-electron chi connectivity index (χ3n) is 2.02. The van der Waals surface area contributed by atoms with Gasteiger partial charge in [-0.05, 0) is 19.3 Å². The Kier molecular flexibility index (Phi) is 2.40. The van der Waals surface area contributed by atoms with Crippen molar-refractivity contribution in [2.75, 3.05) is 0 Å². The molecule has 1 aliphatic carbocycles. The van der Waals surface area contributed by atoms with E-state index in [0.29, 0.717) is 19.3 Å². The minimum Gasteiger partial charge on any atom is -0.393 e. The maximum atomic E-state index is 10.2. The van der Waals surface area contributed by atoms with Crippen LogP contribution in [0, 0.1) is 5.92 Å². The Bertz CT molecular complexity index is 124. The van der Waals surface area contributed by atoms with E-state index in [1.165, 1.54) is 0 Å². The average molecular weight is 144 g/mol. The minimum atomic E-state index is -0.624. The summed E-state index contributed by atoms with van der Waals surface area (Å²) in [6.45, 7) is 0. The van der Waals surface area contributed by atoms with E-state index >= 15 is 0 Å². The van der Waals surface area contributed by atoms with Crippen LogP contribution in [0.25, 0.3) is 0 Å². The molecule has 2 N–H and O–H groups in total. The van der Waals surface area contributed by atoms with Crippen LogP contribution in [-0.2, 0) is 4.79 Å². The molecule has 0 heterocycles. The molecule has 0 spiro atoms. The lowest BCUT2D eigenvalue weighted by Gasteiger charge is -2.26. The van der Waals surface area contributed by atoms with Crippen LogP contribution in [0.3, 0.4) is 0 Å². The predicted molar refractivity (Wildman–Crippen MR) is 35.4 cm³/mol. The maximum Gasteiger partial charge on any atom is 0.125 e. The summed E-state index contributed by atoms with van der Waals surface area (Å²) >= 11 is 0. The molecule has 1 rings (SSSR count). The lowest BCUT2D eigenvalue weighted by molar-refractivity contribution is -0.117. The number of hydrogen-bond donors (Lipinski definition) is 2. The Morgan fingerprint density at radius 2 is 2.00 bits per heavy atom. The van der Waals surface area contributed by atoms with Crippen molar-refractivity contribution in [1.82, 2.24) is 0 Å². The van der Waals surface area contributed by atoms with Gasteiger partial charge in [0.1, 0.15) is 6.29 Å². The molecular formula is C7H12O3. The normalized spacial score (nSPS) is 41.2. The largest absolute Gasteiger partial charge is 0.393 e. The van der Waals surface area contributed by atoms with Gasteiger partial charge in [-0.25, -0.2) is 0 Å². The molecule has 3 nitrogen and oxygen atoms in total. The van der Waals surface area contributed by atoms with Crippen LogP contribution in [0.2, 0.25) is 0 Å². The van der Waals surface area contributed by atoms with Gasteiger partial charge in [0.15, 0.2) is 0 Å². The van der Waals surface area contributed by atoms with Crippen LogP contribution >= 0.6 is 0 Å². The molecule has 0 bridgehead atoms. The van der Waals surface area contributed by atoms with Crippen molar-refractivity contribution in [3.8, 4) is 0 Å². The zero-order valence-electron chi connectivity index (χ0n) is 5.73. The second kappa shape index (κ2) is 3.12. The average Bonchev–Trinajstić information content (AvgIpc) is 1.88. The van der Waals surface area contributed by atoms with Crippen LogP contribution in [0.5, 0.6) is 0 Å². The first-order valence-corrected chi connectivity index (χ1v) is 3.55. The Morgan fingerprint density at radius 1 is 1.30 bits per heavy atom. The van der Waals surface area contributed by atoms with Crippen molar-refractivity contribution in [1.29, 1.82) is 0 Å². The second-order valence-corrected chi connectivity index (χ2v) is 2.83. The molecule has 1 aliphatic rings. The zero-order chi connectivity index (χ0) is 7.56. The highest BCUT2D eigenvalue weighted by molar-refractivity contribution is 5.54. The lowest BCUT2D eigenvalue weighted by atomic mass is 9.86. The number of hydrogen-bond acceptors (Lipinski definition) is 3. The zero-order valence-corrected chi connectivity index (χ0v) is 5.73. The third-order valence-corrected chi connectivity index (χ3v) is 2.02. The van der Waals surface area contributed by atoms with E-state index in [4.69, 9.17) is 10.2 Å². The van der Waals surface area contributed by atoms with Crippen molar-refractivity contribution < 1.29 is 15.0 Å². The van der Waals surface area contributed by atoms with E-state index in [9.17, 15) is 4.79 Å². The summed E-state index contributed by atoms with van der Waals surface area (Å²) in [5, 5.41) is 18.2. The number of aliphatic hydroxyl groups is 2. The van der Waals surface area contributed by atoms with Gasteiger partial charge in [0.25, 0.3) is 0 Å². The lowest BCUT2D eigenvalue weighted by Crippen LogP contribution is -2.32. The summed E-state index contributed by atoms with van der Waals surface area (Å²) in [5.74, 6) is -0.247. The molecule has 58 valence electrons. The SMILES string of the molecule is O=CC1CCC(O)CC1O. The van der Waals surface area contributed by atoms with Gasteiger partial charge in [0, 0.05) is 5.92 Å². The Hall–Kier alpha value is -0.410. The summed E-state index contributed by atoms with van der Waals surface area (Å²) in [6.07, 6.45) is 1.35. The third kappa shape index (κ3) is 1.55. The molecule has 3 unspecified atom stereocenters. The Balaban J connectivity index is 2.43. The topological polar surface area (TPSA) is 57.5 Å². The Labute approximate surface area is 59.7 Å². The van der Waals surface area contributed by atoms with Crippen molar-refractivity contribution in [3.05, 3.63) is 0 Å². The first-order valence-electron chi connectivity index (χ1n) is 3.55. The van der Waals surface area contributed by atoms with Gasteiger partial charge < -0.3 is 15.0 Å². The number of rotatable bonds is 1. The van der Waals surface area contributed by atoms with E-state index in [1.807, 2.05) is 0 Å². The van der Waals surface area contributed by atoms with Gasteiger partial charge in [0.2, 0.25) is 0 Å². The van der Waals surface area contributed by atoms with Crippen LogP contribution in [0.4, 0.5) is 0 Å². The summed E-state index contributed by atoms with van der Waals surface area (Å²) in [6, 6.07) is 0. The highest BCUT2D eigenvalue weighted by Crippen LogP contribution is 2.22. The van der Waals surface area contributed by atoms with Gasteiger partial charge >= 0.3 is 0 Å². The summed E-state index contributed by atoms with van der Waals surface area (Å²) < 4.78 is 0. The predicted octanol–water partition coefficient (Wildman–Crippen LogP) is -0.293. The van der Waals surface area contributed by atoms with Gasteiger partial charge in [-0.15, -0.1) is 0 Å². The molecule has 0 aromatic heterocycles. The fourth-order valence-corrected chi connectivity index (χ4v) is 1.31. The van der Waals surface area contributed by atoms with E-state index in [1.54, 1.807) is 0 Å². The molecule has 0 amide bonds. The van der Waals surface area contributed by atoms with Crippen molar-refractivity contribution in [2.24, 2.45) is 5.92 Å². The van der Waals surface area contributed by atoms with Crippen LogP contribution in [-0.4, -0.2) is 28.7 Å². The van der Waals surface area contributed by atoms with Gasteiger partial charge in [0.05, 0.1) is 12.2 Å². The second-order valence-electron chi connectivity index (χ2n) is 2.83. The number of carbonyl (C=O) groups is 1. The van der Waals surface area contributed by atoms with Gasteiger partial charge in [-0.3, -0.25) is 0 Å². The molecular weight excluding hydrogens is 132 g/mol. The molecule has 10 heavy (non-hydrogen) atoms. The number of aldehydes is 1. The molecule has 0 aliphatic heterocycles. The molecule has 1 saturated carbocycles. The van der Waals surface area contributed by atoms with Crippen molar-refractivity contribution in [3.63, 3.8) is 0 Å². The van der Waals surface area contributed by atoms with E-state index in [0.717, 1.165) is 6.29 Å². The summed E-state index contributed by atoms with van der Waals surface area (Å²) in [7, 11) is 0. The fraction of sp³-hybridized carbons (Fsp3) is 0.857. The minimum absolute atomic E-state index is 0.247. The quantitative estimate of drug-likeness (QED) is 0.497. The maximum absolute atomic E-state index is 10.2. The van der Waals surface area contributed by atoms with E-state index in [2.05, 4.69) is 0 Å². The standard InChI is InChI=1S/C7H12O3/c8-4-5-1-2-6(9)3-7(5)10/h4-7,9-10H,1-3H2. The summed E-state index contributed by atoms with van der Waals surface area (Å²) in [4.78, 5) is 10.2. The molecule has 0 aromatic rings. The number of carbonyl (C=O) groups excluding carboxylic acids is 1. The molecule has 3 atom stereocenters. The van der Waals surface area contributed by atoms with Gasteiger partial charge in [-0.2, -0.15) is 0 Å². The highest BCUT2D eigenvalue weighted by atomic mass is 16.3. The van der Waals surface area contributed by atoms with Crippen LogP contribution < -0.4 is 0 Å². The molecule has 0 radical (unpaired) electrons. The molecule has 0 saturated heterocycles. The first-order chi connectivity index (χ1) is 4.74. The monoisotopic (exact) mass is 144 g/mol. The number of aliphatic hydroxyl groups excluding tert-OH is 2. The fourth-order valence-electron chi connectivity index (χ4n) is 1.31. The van der Waals surface area contributed by atoms with Crippen molar-refractivity contribution in [2.45, 2.75) is 31.5 Å². The first kappa shape index (κ1) is 7.69. The van der Waals surface area contributed by atoms with Gasteiger partial charge in [-0.1, -0.05) is 0 Å². The van der Waals surface area contributed by atoms with Crippen LogP contribution in [0.1, 0.15) is 19.3 Å². The Morgan fingerprint density at radius 3 is 2.50 bits per heavy atom. The smallest absolute Gasteiger partial charge is 0.125 e. The van der Waals surface area contributed by atoms with E-state index in [-0.39, 0.29) is 5.92 Å². The summed E-state index contributed by atoms with van der Waals surface area (Å²) in [5.41, 5.74) is 0. The molecule has 3 heteroatoms. The molecule has 1 fully saturated rings. The van der Waals surface area contributed by atoms with Crippen molar-refractivity contribution >= 4 is 6.29 Å². The highest BCUT2D eigenvalue weighted by Gasteiger charge is 2.27. The molecule has 0 aromatic carbocycles. The van der Waals surface area contributed by atoms with Crippen LogP contribution in [0.15, 0.2) is 0 Å². The van der Waals surface area contributed by atoms with E-state index < -0.39 is 12.2 Å².